The number of hydrogen-bond acceptors (Lipinski definition) is 11. The first-order valence-electron chi connectivity index (χ1n) is 24.7. The second-order valence-corrected chi connectivity index (χ2v) is 19.8. The van der Waals surface area contributed by atoms with Crippen molar-refractivity contribution in [1.29, 1.82) is 0 Å². The van der Waals surface area contributed by atoms with Gasteiger partial charge in [0.25, 0.3) is 5.56 Å². The number of aromatic nitrogens is 4. The van der Waals surface area contributed by atoms with Crippen LogP contribution in [0.4, 0.5) is 0 Å². The van der Waals surface area contributed by atoms with Gasteiger partial charge in [-0.2, -0.15) is 0 Å². The fraction of sp³-hybridized carbons (Fsp3) is 0.267. The number of benzene rings is 6. The average Bonchev–Trinajstić information content (AvgIpc) is 3.96. The number of aryl methyl sites for hydroxylation is 4. The molecule has 3 N–H and O–H groups in total. The molecule has 0 unspecified atom stereocenters. The Kier molecular flexibility index (Phi) is 18.5. The Morgan fingerprint density at radius 2 is 1.01 bits per heavy atom. The maximum absolute atomic E-state index is 12.4. The van der Waals surface area contributed by atoms with Gasteiger partial charge in [0.2, 0.25) is 5.88 Å². The van der Waals surface area contributed by atoms with Crippen LogP contribution >= 0.6 is 0 Å². The van der Waals surface area contributed by atoms with Crippen molar-refractivity contribution in [2.45, 2.75) is 94.3 Å². The van der Waals surface area contributed by atoms with Crippen molar-refractivity contribution < 1.29 is 43.3 Å². The lowest BCUT2D eigenvalue weighted by Gasteiger charge is -2.19. The van der Waals surface area contributed by atoms with Crippen molar-refractivity contribution in [2.75, 3.05) is 13.2 Å². The highest BCUT2D eigenvalue weighted by Crippen LogP contribution is 2.36. The number of nitrogens with zero attached hydrogens (tertiary/aromatic N) is 3. The van der Waals surface area contributed by atoms with Gasteiger partial charge in [-0.15, -0.1) is 5.10 Å². The van der Waals surface area contributed by atoms with Gasteiger partial charge in [0, 0.05) is 12.4 Å². The van der Waals surface area contributed by atoms with Crippen LogP contribution in [0.1, 0.15) is 98.4 Å². The SMILES string of the molecule is CC(C)(C)OC(=O)c1ccc(B(O)O)cc1.CCOc1ccc(C)cc1-n1cc(-c2ccc(C)cc2)c(=O)[nH]1.CCOc1ccc(C)cc1-n1cc(-c2ccc(C)cc2)c(Oc2ccc(C(=O)OC(C)(C)C)cc2)n1. The van der Waals surface area contributed by atoms with Crippen LogP contribution in [0, 0.1) is 27.7 Å². The Morgan fingerprint density at radius 3 is 1.48 bits per heavy atom. The van der Waals surface area contributed by atoms with Crippen molar-refractivity contribution in [3.63, 3.8) is 0 Å². The minimum absolute atomic E-state index is 0.113. The first kappa shape index (κ1) is 56.2. The average molecular weight is 1020 g/mol. The monoisotopic (exact) mass is 1010 g/mol. The number of esters is 2. The second kappa shape index (κ2) is 24.7. The number of rotatable bonds is 13. The van der Waals surface area contributed by atoms with E-state index in [1.807, 2.05) is 128 Å². The van der Waals surface area contributed by atoms with Gasteiger partial charge in [-0.25, -0.2) is 14.3 Å². The fourth-order valence-corrected chi connectivity index (χ4v) is 7.36. The van der Waals surface area contributed by atoms with Crippen LogP contribution in [0.25, 0.3) is 33.6 Å². The summed E-state index contributed by atoms with van der Waals surface area (Å²) < 4.78 is 31.9. The number of nitrogens with one attached hydrogen (secondary N) is 1. The topological polar surface area (TPSA) is 176 Å². The number of carbonyl (C=O) groups is 2. The van der Waals surface area contributed by atoms with Crippen LogP contribution < -0.4 is 25.2 Å². The van der Waals surface area contributed by atoms with Crippen LogP contribution in [0.2, 0.25) is 0 Å². The smallest absolute Gasteiger partial charge is 0.488 e. The highest BCUT2D eigenvalue weighted by Gasteiger charge is 2.21. The van der Waals surface area contributed by atoms with E-state index in [0.717, 1.165) is 50.7 Å². The maximum atomic E-state index is 12.4. The van der Waals surface area contributed by atoms with Crippen LogP contribution in [-0.4, -0.2) is 73.1 Å². The zero-order valence-corrected chi connectivity index (χ0v) is 44.9. The maximum Gasteiger partial charge on any atom is 0.488 e. The standard InChI is InChI=1S/C30H32N2O4.C19H20N2O2.C11H15BO4/c1-7-34-27-17-10-21(3)18-26(27)32-19-25(22-11-8-20(2)9-12-22)28(31-32)35-24-15-13-23(14-16-24)29(33)36-30(4,5)6;1-4-23-18-10-7-14(3)11-17(18)21-12-16(19(22)20-21)15-8-5-13(2)6-9-15;1-11(2,3)16-10(13)8-4-6-9(7-5-8)12(14)15/h8-19H,7H2,1-6H3;5-12H,4H2,1-3H3,(H,20,22);4-7,14-15H,1-3H3. The van der Waals surface area contributed by atoms with Gasteiger partial charge in [0.05, 0.1) is 35.5 Å². The Labute approximate surface area is 439 Å². The van der Waals surface area contributed by atoms with Crippen LogP contribution in [0.15, 0.2) is 151 Å². The Morgan fingerprint density at radius 1 is 0.573 bits per heavy atom. The molecule has 0 aliphatic rings. The largest absolute Gasteiger partial charge is 0.492 e. The summed E-state index contributed by atoms with van der Waals surface area (Å²) in [7, 11) is -1.52. The van der Waals surface area contributed by atoms with Crippen molar-refractivity contribution in [1.82, 2.24) is 19.6 Å². The summed E-state index contributed by atoms with van der Waals surface area (Å²) in [6, 6.07) is 40.9. The zero-order valence-electron chi connectivity index (χ0n) is 44.9. The molecular weight excluding hydrogens is 947 g/mol. The Bertz CT molecular complexity index is 3230. The molecule has 390 valence electrons. The lowest BCUT2D eigenvalue weighted by atomic mass is 9.80. The molecule has 0 aliphatic carbocycles. The Hall–Kier alpha value is -8.14. The summed E-state index contributed by atoms with van der Waals surface area (Å²) in [5.74, 6) is 1.71. The molecule has 0 fully saturated rings. The molecule has 0 radical (unpaired) electrons. The van der Waals surface area contributed by atoms with E-state index in [0.29, 0.717) is 47.0 Å². The molecule has 2 heterocycles. The molecule has 0 amide bonds. The number of H-pyrrole nitrogens is 1. The number of ether oxygens (including phenoxy) is 5. The second-order valence-electron chi connectivity index (χ2n) is 19.8. The van der Waals surface area contributed by atoms with Gasteiger partial charge >= 0.3 is 19.1 Å². The first-order chi connectivity index (χ1) is 35.5. The molecule has 15 heteroatoms. The molecule has 0 spiro atoms. The minimum Gasteiger partial charge on any atom is -0.492 e. The van der Waals surface area contributed by atoms with E-state index in [1.54, 1.807) is 54.4 Å². The van der Waals surface area contributed by atoms with Gasteiger partial charge in [-0.3, -0.25) is 14.6 Å². The summed E-state index contributed by atoms with van der Waals surface area (Å²) >= 11 is 0. The van der Waals surface area contributed by atoms with E-state index < -0.39 is 24.3 Å². The number of carbonyl (C=O) groups excluding carboxylic acids is 2. The van der Waals surface area contributed by atoms with Crippen molar-refractivity contribution in [3.05, 3.63) is 190 Å². The van der Waals surface area contributed by atoms with E-state index in [2.05, 4.69) is 36.3 Å². The van der Waals surface area contributed by atoms with Crippen LogP contribution in [0.3, 0.4) is 0 Å². The summed E-state index contributed by atoms with van der Waals surface area (Å²) in [5.41, 5.74) is 9.57. The van der Waals surface area contributed by atoms with Gasteiger partial charge in [-0.1, -0.05) is 83.9 Å². The molecule has 0 atom stereocenters. The molecule has 2 aromatic heterocycles. The van der Waals surface area contributed by atoms with Gasteiger partial charge < -0.3 is 33.7 Å². The molecule has 14 nitrogen and oxygen atoms in total. The number of hydrogen-bond donors (Lipinski definition) is 3. The van der Waals surface area contributed by atoms with E-state index in [1.165, 1.54) is 35.4 Å². The van der Waals surface area contributed by atoms with Gasteiger partial charge in [-0.05, 0) is 171 Å². The number of aromatic amines is 1. The van der Waals surface area contributed by atoms with E-state index >= 15 is 0 Å². The predicted molar refractivity (Wildman–Crippen MR) is 295 cm³/mol. The molecule has 0 saturated heterocycles. The molecule has 0 saturated carbocycles. The van der Waals surface area contributed by atoms with Crippen molar-refractivity contribution in [3.8, 4) is 56.8 Å². The highest BCUT2D eigenvalue weighted by atomic mass is 16.6. The van der Waals surface area contributed by atoms with E-state index in [-0.39, 0.29) is 11.5 Å². The summed E-state index contributed by atoms with van der Waals surface area (Å²) in [6.45, 7) is 24.1. The lowest BCUT2D eigenvalue weighted by molar-refractivity contribution is 0.00570. The quantitative estimate of drug-likeness (QED) is 0.0740. The molecule has 0 aliphatic heterocycles. The molecule has 8 rings (SSSR count). The minimum atomic E-state index is -1.52. The summed E-state index contributed by atoms with van der Waals surface area (Å²) in [6.07, 6.45) is 3.77. The normalized spacial score (nSPS) is 11.1. The van der Waals surface area contributed by atoms with Crippen LogP contribution in [-0.2, 0) is 9.47 Å². The van der Waals surface area contributed by atoms with Crippen molar-refractivity contribution in [2.24, 2.45) is 0 Å². The van der Waals surface area contributed by atoms with E-state index in [9.17, 15) is 14.4 Å². The third-order valence-corrected chi connectivity index (χ3v) is 11.0. The van der Waals surface area contributed by atoms with Gasteiger partial charge in [0.15, 0.2) is 0 Å². The predicted octanol–water partition coefficient (Wildman–Crippen LogP) is 11.5. The third kappa shape index (κ3) is 15.9. The summed E-state index contributed by atoms with van der Waals surface area (Å²) in [5, 5.41) is 25.4. The Balaban J connectivity index is 0.000000200. The molecular formula is C60H67BN4O10. The van der Waals surface area contributed by atoms with Crippen LogP contribution in [0.5, 0.6) is 23.1 Å². The molecule has 6 aromatic carbocycles. The molecule has 75 heavy (non-hydrogen) atoms. The highest BCUT2D eigenvalue weighted by molar-refractivity contribution is 6.58. The molecule has 0 bridgehead atoms. The lowest BCUT2D eigenvalue weighted by Crippen LogP contribution is -2.30. The fourth-order valence-electron chi connectivity index (χ4n) is 7.36. The van der Waals surface area contributed by atoms with Gasteiger partial charge in [0.1, 0.15) is 39.8 Å². The first-order valence-corrected chi connectivity index (χ1v) is 24.7. The molecule has 8 aromatic rings. The van der Waals surface area contributed by atoms with E-state index in [4.69, 9.17) is 38.8 Å². The summed E-state index contributed by atoms with van der Waals surface area (Å²) in [4.78, 5) is 36.3. The van der Waals surface area contributed by atoms with Crippen molar-refractivity contribution >= 4 is 24.5 Å². The zero-order chi connectivity index (χ0) is 54.6. The third-order valence-electron chi connectivity index (χ3n) is 11.0.